The first-order valence-corrected chi connectivity index (χ1v) is 19.9. The number of esters is 1. The molecule has 0 aliphatic carbocycles. The summed E-state index contributed by atoms with van der Waals surface area (Å²) in [6.45, 7) is 11.3. The number of carbonyl (C=O) groups excluding carboxylic acids is 3. The molecular weight excluding hydrogens is 727 g/mol. The lowest BCUT2D eigenvalue weighted by Crippen LogP contribution is -2.61. The second-order valence-electron chi connectivity index (χ2n) is 15.0. The molecule has 3 aromatic heterocycles. The fourth-order valence-corrected chi connectivity index (χ4v) is 8.81. The van der Waals surface area contributed by atoms with Crippen LogP contribution in [0.1, 0.15) is 62.9 Å². The number of fused-ring (bicyclic) bond motifs is 6. The van der Waals surface area contributed by atoms with E-state index in [0.717, 1.165) is 51.2 Å². The predicted molar refractivity (Wildman–Crippen MR) is 210 cm³/mol. The molecule has 3 aliphatic heterocycles. The van der Waals surface area contributed by atoms with Crippen LogP contribution in [-0.4, -0.2) is 105 Å². The van der Waals surface area contributed by atoms with Gasteiger partial charge in [-0.3, -0.25) is 23.9 Å². The maximum absolute atomic E-state index is 14.3. The fraction of sp³-hybridized carbons (Fsp3) is 0.513. The Morgan fingerprint density at radius 3 is 2.76 bits per heavy atom. The van der Waals surface area contributed by atoms with Gasteiger partial charge in [-0.2, -0.15) is 0 Å². The number of nitrogens with one attached hydrogen (secondary N) is 1. The average Bonchev–Trinajstić information content (AvgIpc) is 3.79. The third kappa shape index (κ3) is 7.61. The molecule has 4 aromatic rings. The van der Waals surface area contributed by atoms with Crippen LogP contribution >= 0.6 is 24.2 Å². The Balaban J connectivity index is 1.35. The molecule has 6 bridgehead atoms. The summed E-state index contributed by atoms with van der Waals surface area (Å²) >= 11 is 6.09. The van der Waals surface area contributed by atoms with E-state index in [1.165, 1.54) is 20.7 Å². The first-order chi connectivity index (χ1) is 26.0. The highest BCUT2D eigenvalue weighted by Gasteiger charge is 2.39. The molecule has 13 nitrogen and oxygen atoms in total. The molecule has 7 rings (SSSR count). The van der Waals surface area contributed by atoms with Gasteiger partial charge in [-0.15, -0.1) is 11.3 Å². The van der Waals surface area contributed by atoms with Crippen LogP contribution < -0.4 is 5.43 Å². The third-order valence-corrected chi connectivity index (χ3v) is 11.9. The number of carbonyl (C=O) groups is 3. The number of thiol groups is 1. The van der Waals surface area contributed by atoms with E-state index in [1.807, 2.05) is 18.4 Å². The second-order valence-corrected chi connectivity index (χ2v) is 16.3. The molecule has 0 unspecified atom stereocenters. The smallest absolute Gasteiger partial charge is 0.330 e. The molecule has 3 amide bonds. The fourth-order valence-electron chi connectivity index (χ4n) is 7.66. The maximum Gasteiger partial charge on any atom is 0.330 e. The number of methoxy groups -OCH3 is 1. The van der Waals surface area contributed by atoms with E-state index in [0.29, 0.717) is 57.1 Å². The summed E-state index contributed by atoms with van der Waals surface area (Å²) < 4.78 is 20.8. The Kier molecular flexibility index (Phi) is 11.3. The van der Waals surface area contributed by atoms with Gasteiger partial charge in [0.1, 0.15) is 12.1 Å². The van der Waals surface area contributed by atoms with Gasteiger partial charge in [-0.05, 0) is 62.9 Å². The van der Waals surface area contributed by atoms with Gasteiger partial charge >= 0.3 is 12.0 Å². The molecule has 2 saturated heterocycles. The number of aryl methyl sites for hydroxylation is 1. The zero-order chi connectivity index (χ0) is 38.1. The number of benzene rings is 1. The molecule has 6 heterocycles. The first-order valence-electron chi connectivity index (χ1n) is 18.7. The van der Waals surface area contributed by atoms with Crippen LogP contribution in [0.15, 0.2) is 41.9 Å². The van der Waals surface area contributed by atoms with Crippen LogP contribution in [0.5, 0.6) is 0 Å². The van der Waals surface area contributed by atoms with Gasteiger partial charge in [-0.25, -0.2) is 15.2 Å². The van der Waals surface area contributed by atoms with Crippen molar-refractivity contribution in [1.82, 2.24) is 34.2 Å². The monoisotopic (exact) mass is 775 g/mol. The molecule has 1 aromatic carbocycles. The standard InChI is InChI=1S/C39H49N7O6S2/c1-6-44-31-12-11-25-19-27(31)28(35(44)26-9-7-13-40-34(26)24(2)50-5)21-39(3,4)23-52-37(48)29-10-8-14-45(42-29)36(47)32(20-33-41-30(25)22-54-33)46(53)38(49)43-15-17-51-18-16-43/h7,9,11-13,19,22,24,29,32,42,53H,6,8,10,14-18,20-21,23H2,1-5H3/t24-,29-,32-/m0/s1. The number of morpholine rings is 1. The Morgan fingerprint density at radius 2 is 2.00 bits per heavy atom. The van der Waals surface area contributed by atoms with Crippen LogP contribution in [0.4, 0.5) is 4.79 Å². The maximum atomic E-state index is 14.3. The average molecular weight is 776 g/mol. The number of amides is 3. The number of thiazole rings is 1. The number of rotatable bonds is 5. The molecule has 0 saturated carbocycles. The van der Waals surface area contributed by atoms with Crippen molar-refractivity contribution >= 4 is 53.0 Å². The van der Waals surface area contributed by atoms with Crippen LogP contribution in [0.3, 0.4) is 0 Å². The van der Waals surface area contributed by atoms with Crippen LogP contribution in [-0.2, 0) is 43.2 Å². The van der Waals surface area contributed by atoms with Crippen molar-refractivity contribution in [1.29, 1.82) is 0 Å². The lowest BCUT2D eigenvalue weighted by atomic mass is 9.84. The van der Waals surface area contributed by atoms with Gasteiger partial charge < -0.3 is 23.7 Å². The molecule has 0 spiro atoms. The van der Waals surface area contributed by atoms with Gasteiger partial charge in [-0.1, -0.05) is 32.7 Å². The van der Waals surface area contributed by atoms with Crippen LogP contribution in [0, 0.1) is 5.41 Å². The van der Waals surface area contributed by atoms with E-state index in [2.05, 4.69) is 67.8 Å². The number of hydrogen-bond acceptors (Lipinski definition) is 11. The van der Waals surface area contributed by atoms with E-state index in [4.69, 9.17) is 24.2 Å². The van der Waals surface area contributed by atoms with Crippen LogP contribution in [0.2, 0.25) is 0 Å². The minimum atomic E-state index is -0.985. The van der Waals surface area contributed by atoms with Crippen molar-refractivity contribution in [3.63, 3.8) is 0 Å². The van der Waals surface area contributed by atoms with Gasteiger partial charge in [0, 0.05) is 78.7 Å². The van der Waals surface area contributed by atoms with E-state index >= 15 is 0 Å². The van der Waals surface area contributed by atoms with E-state index in [9.17, 15) is 14.4 Å². The molecule has 1 N–H and O–H groups in total. The van der Waals surface area contributed by atoms with Crippen molar-refractivity contribution in [2.45, 2.75) is 78.1 Å². The number of ether oxygens (including phenoxy) is 3. The lowest BCUT2D eigenvalue weighted by Gasteiger charge is -2.38. The van der Waals surface area contributed by atoms with Crippen molar-refractivity contribution in [3.8, 4) is 22.5 Å². The number of urea groups is 1. The van der Waals surface area contributed by atoms with Crippen molar-refractivity contribution in [2.75, 3.05) is 46.6 Å². The lowest BCUT2D eigenvalue weighted by molar-refractivity contribution is -0.155. The Morgan fingerprint density at radius 1 is 1.20 bits per heavy atom. The van der Waals surface area contributed by atoms with Crippen LogP contribution in [0.25, 0.3) is 33.4 Å². The molecule has 15 heteroatoms. The minimum absolute atomic E-state index is 0.149. The summed E-state index contributed by atoms with van der Waals surface area (Å²) in [7, 11) is 1.69. The summed E-state index contributed by atoms with van der Waals surface area (Å²) in [5, 5.41) is 5.22. The highest BCUT2D eigenvalue weighted by Crippen LogP contribution is 2.42. The second kappa shape index (κ2) is 16.0. The molecule has 2 fully saturated rings. The normalized spacial score (nSPS) is 21.4. The van der Waals surface area contributed by atoms with E-state index < -0.39 is 23.5 Å². The zero-order valence-corrected chi connectivity index (χ0v) is 33.3. The largest absolute Gasteiger partial charge is 0.464 e. The van der Waals surface area contributed by atoms with E-state index in [1.54, 1.807) is 18.2 Å². The number of nitrogens with zero attached hydrogens (tertiary/aromatic N) is 6. The van der Waals surface area contributed by atoms with Gasteiger partial charge in [0.15, 0.2) is 0 Å². The third-order valence-electron chi connectivity index (χ3n) is 10.6. The summed E-state index contributed by atoms with van der Waals surface area (Å²) in [6, 6.07) is 8.40. The molecule has 3 aliphatic rings. The number of aromatic nitrogens is 3. The molecule has 0 radical (unpaired) electrons. The summed E-state index contributed by atoms with van der Waals surface area (Å²) in [6.07, 6.45) is 3.43. The molecule has 54 heavy (non-hydrogen) atoms. The molecular formula is C39H49N7O6S2. The van der Waals surface area contributed by atoms with Gasteiger partial charge in [0.2, 0.25) is 0 Å². The van der Waals surface area contributed by atoms with Crippen molar-refractivity contribution in [2.24, 2.45) is 5.41 Å². The molecule has 288 valence electrons. The van der Waals surface area contributed by atoms with Gasteiger partial charge in [0.05, 0.1) is 48.0 Å². The van der Waals surface area contributed by atoms with E-state index in [-0.39, 0.29) is 31.1 Å². The number of hydrogen-bond donors (Lipinski definition) is 2. The topological polar surface area (TPSA) is 131 Å². The highest BCUT2D eigenvalue weighted by molar-refractivity contribution is 7.78. The summed E-state index contributed by atoms with van der Waals surface area (Å²) in [4.78, 5) is 53.1. The SMILES string of the molecule is CCn1c(-c2cccnc2[C@H](C)OC)c2c3cc(ccc31)-c1csc(n1)C[C@H](N(S)C(=O)N1CCOCC1)C(=O)N1CCC[C@H](N1)C(=O)OCC(C)(C)C2. The quantitative estimate of drug-likeness (QED) is 0.194. The summed E-state index contributed by atoms with van der Waals surface area (Å²) in [5.74, 6) is -0.781. The highest BCUT2D eigenvalue weighted by atomic mass is 32.1. The van der Waals surface area contributed by atoms with Crippen molar-refractivity contribution in [3.05, 3.63) is 58.2 Å². The molecule has 3 atom stereocenters. The first kappa shape index (κ1) is 38.3. The van der Waals surface area contributed by atoms with Gasteiger partial charge in [0.25, 0.3) is 5.91 Å². The zero-order valence-electron chi connectivity index (χ0n) is 31.5. The Labute approximate surface area is 325 Å². The Hall–Kier alpha value is -4.02. The Bertz CT molecular complexity index is 2020. The number of pyridine rings is 1. The summed E-state index contributed by atoms with van der Waals surface area (Å²) in [5.41, 5.74) is 9.50. The number of cyclic esters (lactones) is 1. The minimum Gasteiger partial charge on any atom is -0.464 e. The predicted octanol–water partition coefficient (Wildman–Crippen LogP) is 5.69. The van der Waals surface area contributed by atoms with Crippen molar-refractivity contribution < 1.29 is 28.6 Å². The number of hydrazine groups is 1.